The molecule has 1 aromatic carbocycles. The first kappa shape index (κ1) is 15.1. The Hall–Kier alpha value is -1.30. The molecule has 2 atom stereocenters. The van der Waals surface area contributed by atoms with Gasteiger partial charge in [0.2, 0.25) is 5.91 Å². The minimum Gasteiger partial charge on any atom is -0.491 e. The maximum Gasteiger partial charge on any atom is 0.239 e. The van der Waals surface area contributed by atoms with Crippen molar-refractivity contribution < 1.29 is 14.6 Å². The monoisotopic (exact) mass is 298 g/mol. The summed E-state index contributed by atoms with van der Waals surface area (Å²) in [6.07, 6.45) is 0.102. The maximum absolute atomic E-state index is 11.7. The van der Waals surface area contributed by atoms with Crippen LogP contribution < -0.4 is 10.1 Å². The highest BCUT2D eigenvalue weighted by atomic mass is 35.5. The van der Waals surface area contributed by atoms with E-state index in [2.05, 4.69) is 5.32 Å². The molecule has 1 aliphatic rings. The molecule has 6 heteroatoms. The fourth-order valence-electron chi connectivity index (χ4n) is 2.10. The highest BCUT2D eigenvalue weighted by molar-refractivity contribution is 6.30. The molecular formula is C14H19ClN2O3. The molecule has 1 amide bonds. The summed E-state index contributed by atoms with van der Waals surface area (Å²) >= 11 is 5.84. The molecule has 1 saturated heterocycles. The van der Waals surface area contributed by atoms with Crippen molar-refractivity contribution in [2.45, 2.75) is 18.6 Å². The Balaban J connectivity index is 1.70. The van der Waals surface area contributed by atoms with Crippen LogP contribution in [0.1, 0.15) is 6.42 Å². The molecule has 20 heavy (non-hydrogen) atoms. The van der Waals surface area contributed by atoms with E-state index in [1.807, 2.05) is 0 Å². The van der Waals surface area contributed by atoms with Crippen LogP contribution in [0.5, 0.6) is 5.75 Å². The Labute approximate surface area is 123 Å². The fourth-order valence-corrected chi connectivity index (χ4v) is 2.28. The van der Waals surface area contributed by atoms with E-state index in [-0.39, 0.29) is 18.6 Å². The molecule has 0 aliphatic carbocycles. The molecule has 2 N–H and O–H groups in total. The number of ether oxygens (including phenoxy) is 1. The zero-order chi connectivity index (χ0) is 14.5. The number of carbonyl (C=O) groups is 1. The summed E-state index contributed by atoms with van der Waals surface area (Å²) in [6.45, 7) is 1.24. The number of rotatable bonds is 6. The van der Waals surface area contributed by atoms with Crippen LogP contribution in [0.25, 0.3) is 0 Å². The number of aliphatic hydroxyl groups excluding tert-OH is 1. The van der Waals surface area contributed by atoms with E-state index in [1.165, 1.54) is 0 Å². The lowest BCUT2D eigenvalue weighted by Crippen LogP contribution is -2.42. The largest absolute Gasteiger partial charge is 0.491 e. The summed E-state index contributed by atoms with van der Waals surface area (Å²) in [4.78, 5) is 13.4. The predicted molar refractivity (Wildman–Crippen MR) is 77.0 cm³/mol. The average Bonchev–Trinajstić information content (AvgIpc) is 2.74. The van der Waals surface area contributed by atoms with Crippen LogP contribution in [0, 0.1) is 0 Å². The molecule has 0 saturated carbocycles. The molecule has 0 aromatic heterocycles. The van der Waals surface area contributed by atoms with Gasteiger partial charge in [-0.2, -0.15) is 0 Å². The van der Waals surface area contributed by atoms with E-state index in [9.17, 15) is 9.90 Å². The van der Waals surface area contributed by atoms with Gasteiger partial charge in [-0.05, 0) is 24.6 Å². The first-order valence-corrected chi connectivity index (χ1v) is 6.99. The third kappa shape index (κ3) is 4.10. The van der Waals surface area contributed by atoms with Crippen molar-refractivity contribution in [2.75, 3.05) is 26.7 Å². The quantitative estimate of drug-likeness (QED) is 0.819. The van der Waals surface area contributed by atoms with Crippen molar-refractivity contribution in [3.8, 4) is 5.75 Å². The molecule has 1 heterocycles. The third-order valence-electron chi connectivity index (χ3n) is 3.27. The van der Waals surface area contributed by atoms with Gasteiger partial charge in [0.1, 0.15) is 18.5 Å². The summed E-state index contributed by atoms with van der Waals surface area (Å²) in [5.74, 6) is 0.696. The van der Waals surface area contributed by atoms with Crippen molar-refractivity contribution in [1.82, 2.24) is 10.2 Å². The van der Waals surface area contributed by atoms with E-state index < -0.39 is 6.10 Å². The van der Waals surface area contributed by atoms with E-state index in [0.717, 1.165) is 13.0 Å². The number of aliphatic hydroxyl groups is 1. The number of hydrogen-bond acceptors (Lipinski definition) is 4. The molecule has 5 nitrogen and oxygen atoms in total. The maximum atomic E-state index is 11.7. The van der Waals surface area contributed by atoms with Crippen LogP contribution in [0.2, 0.25) is 5.02 Å². The number of nitrogens with zero attached hydrogens (tertiary/aromatic N) is 1. The highest BCUT2D eigenvalue weighted by Gasteiger charge is 2.28. The lowest BCUT2D eigenvalue weighted by atomic mass is 10.2. The van der Waals surface area contributed by atoms with Crippen LogP contribution in [0.3, 0.4) is 0 Å². The summed E-state index contributed by atoms with van der Waals surface area (Å²) in [7, 11) is 1.78. The van der Waals surface area contributed by atoms with Crippen molar-refractivity contribution in [3.63, 3.8) is 0 Å². The van der Waals surface area contributed by atoms with E-state index >= 15 is 0 Å². The highest BCUT2D eigenvalue weighted by Crippen LogP contribution is 2.17. The number of likely N-dealkylation sites (N-methyl/N-ethyl adjacent to an activating group) is 1. The standard InChI is InChI=1S/C14H19ClN2O3/c1-17-6-5-13(14(17)19)16-8-11(18)9-20-12-4-2-3-10(15)7-12/h2-4,7,11,13,16,18H,5-6,8-9H2,1H3. The van der Waals surface area contributed by atoms with Gasteiger partial charge in [0.25, 0.3) is 0 Å². The smallest absolute Gasteiger partial charge is 0.239 e. The first-order chi connectivity index (χ1) is 9.56. The van der Waals surface area contributed by atoms with Gasteiger partial charge in [0.05, 0.1) is 6.04 Å². The summed E-state index contributed by atoms with van der Waals surface area (Å²) < 4.78 is 5.44. The van der Waals surface area contributed by atoms with E-state index in [1.54, 1.807) is 36.2 Å². The minimum atomic E-state index is -0.673. The van der Waals surface area contributed by atoms with Crippen molar-refractivity contribution in [2.24, 2.45) is 0 Å². The van der Waals surface area contributed by atoms with Gasteiger partial charge in [-0.3, -0.25) is 4.79 Å². The van der Waals surface area contributed by atoms with Gasteiger partial charge in [-0.15, -0.1) is 0 Å². The Morgan fingerprint density at radius 2 is 2.40 bits per heavy atom. The molecule has 1 aliphatic heterocycles. The van der Waals surface area contributed by atoms with Gasteiger partial charge < -0.3 is 20.1 Å². The summed E-state index contributed by atoms with van der Waals surface area (Å²) in [5, 5.41) is 13.5. The zero-order valence-corrected chi connectivity index (χ0v) is 12.1. The number of benzene rings is 1. The van der Waals surface area contributed by atoms with Crippen LogP contribution in [0.15, 0.2) is 24.3 Å². The lowest BCUT2D eigenvalue weighted by molar-refractivity contribution is -0.128. The topological polar surface area (TPSA) is 61.8 Å². The molecule has 1 fully saturated rings. The van der Waals surface area contributed by atoms with Gasteiger partial charge in [-0.1, -0.05) is 17.7 Å². The predicted octanol–water partition coefficient (Wildman–Crippen LogP) is 0.900. The lowest BCUT2D eigenvalue weighted by Gasteiger charge is -2.16. The van der Waals surface area contributed by atoms with Crippen molar-refractivity contribution in [1.29, 1.82) is 0 Å². The zero-order valence-electron chi connectivity index (χ0n) is 11.4. The molecule has 1 aromatic rings. The van der Waals surface area contributed by atoms with Crippen LogP contribution in [0.4, 0.5) is 0 Å². The SMILES string of the molecule is CN1CCC(NCC(O)COc2cccc(Cl)c2)C1=O. The van der Waals surface area contributed by atoms with Crippen LogP contribution >= 0.6 is 11.6 Å². The third-order valence-corrected chi connectivity index (χ3v) is 3.50. The Bertz CT molecular complexity index is 469. The molecule has 0 radical (unpaired) electrons. The molecule has 0 bridgehead atoms. The van der Waals surface area contributed by atoms with Gasteiger partial charge in [0, 0.05) is 25.2 Å². The van der Waals surface area contributed by atoms with E-state index in [4.69, 9.17) is 16.3 Å². The van der Waals surface area contributed by atoms with Crippen molar-refractivity contribution >= 4 is 17.5 Å². The minimum absolute atomic E-state index is 0.0768. The number of amides is 1. The van der Waals surface area contributed by atoms with E-state index in [0.29, 0.717) is 17.3 Å². The number of hydrogen-bond donors (Lipinski definition) is 2. The summed E-state index contributed by atoms with van der Waals surface area (Å²) in [6, 6.07) is 6.82. The molecular weight excluding hydrogens is 280 g/mol. The fraction of sp³-hybridized carbons (Fsp3) is 0.500. The van der Waals surface area contributed by atoms with Crippen LogP contribution in [-0.2, 0) is 4.79 Å². The second-order valence-electron chi connectivity index (χ2n) is 4.93. The Kier molecular flexibility index (Phi) is 5.23. The Morgan fingerprint density at radius 3 is 3.05 bits per heavy atom. The Morgan fingerprint density at radius 1 is 1.60 bits per heavy atom. The van der Waals surface area contributed by atoms with Crippen molar-refractivity contribution in [3.05, 3.63) is 29.3 Å². The van der Waals surface area contributed by atoms with Gasteiger partial charge in [-0.25, -0.2) is 0 Å². The average molecular weight is 299 g/mol. The number of carbonyl (C=O) groups excluding carboxylic acids is 1. The first-order valence-electron chi connectivity index (χ1n) is 6.61. The molecule has 2 unspecified atom stereocenters. The normalized spacial score (nSPS) is 20.2. The molecule has 2 rings (SSSR count). The number of halogens is 1. The second-order valence-corrected chi connectivity index (χ2v) is 5.37. The number of nitrogens with one attached hydrogen (secondary N) is 1. The number of likely N-dealkylation sites (tertiary alicyclic amines) is 1. The van der Waals surface area contributed by atoms with Gasteiger partial charge in [0.15, 0.2) is 0 Å². The summed E-state index contributed by atoms with van der Waals surface area (Å²) in [5.41, 5.74) is 0. The van der Waals surface area contributed by atoms with Gasteiger partial charge >= 0.3 is 0 Å². The second kappa shape index (κ2) is 6.92. The van der Waals surface area contributed by atoms with Crippen LogP contribution in [-0.4, -0.2) is 54.8 Å². The molecule has 0 spiro atoms. The molecule has 110 valence electrons.